The number of ether oxygens (including phenoxy) is 4. The van der Waals surface area contributed by atoms with Crippen molar-refractivity contribution in [1.82, 2.24) is 0 Å². The first-order chi connectivity index (χ1) is 18.5. The first-order valence-corrected chi connectivity index (χ1v) is 14.3. The van der Waals surface area contributed by atoms with Crippen LogP contribution in [0.5, 0.6) is 0 Å². The predicted octanol–water partition coefficient (Wildman–Crippen LogP) is 6.77. The highest BCUT2D eigenvalue weighted by molar-refractivity contribution is 7.55. The molecule has 10 heteroatoms. The standard InChI is InChI=1S/C28H36NO8P.3CH4/c1-29-38(2,36-23-19-32-17-21-34-27(30)15-13-25-9-5-3-6-10-25)37-24-20-33-18-22-35-28(31)16-14-26-11-7-4-8-12-26;;;/h3-16H,17-24H2,1-2H3;3*1H4/b15-13+,16-14+;;;. The maximum absolute atomic E-state index is 11.7. The van der Waals surface area contributed by atoms with Crippen LogP contribution in [0.2, 0.25) is 0 Å². The van der Waals surface area contributed by atoms with Crippen LogP contribution in [0.15, 0.2) is 77.6 Å². The zero-order valence-corrected chi connectivity index (χ0v) is 22.8. The molecule has 0 spiro atoms. The molecule has 2 aromatic rings. The molecule has 41 heavy (non-hydrogen) atoms. The largest absolute Gasteiger partial charge is 0.460 e. The lowest BCUT2D eigenvalue weighted by Gasteiger charge is -2.19. The van der Waals surface area contributed by atoms with Crippen molar-refractivity contribution in [1.29, 1.82) is 0 Å². The van der Waals surface area contributed by atoms with Gasteiger partial charge in [0.05, 0.1) is 39.6 Å². The Hall–Kier alpha value is -3.07. The number of esters is 2. The summed E-state index contributed by atoms with van der Waals surface area (Å²) in [5.41, 5.74) is 1.85. The highest BCUT2D eigenvalue weighted by Crippen LogP contribution is 2.47. The Bertz CT molecular complexity index is 979. The van der Waals surface area contributed by atoms with Gasteiger partial charge in [-0.1, -0.05) is 82.9 Å². The molecule has 230 valence electrons. The van der Waals surface area contributed by atoms with Gasteiger partial charge in [0.2, 0.25) is 7.51 Å². The SMILES string of the molecule is C.C.C.CN=P(C)(OCCOCCOC(=O)/C=C/c1ccccc1)OCCOCCOC(=O)/C=C/c1ccccc1. The Morgan fingerprint density at radius 1 is 0.634 bits per heavy atom. The van der Waals surface area contributed by atoms with Crippen molar-refractivity contribution in [2.45, 2.75) is 22.3 Å². The zero-order valence-electron chi connectivity index (χ0n) is 21.9. The van der Waals surface area contributed by atoms with E-state index in [0.29, 0.717) is 13.2 Å². The average molecular weight is 594 g/mol. The van der Waals surface area contributed by atoms with Crippen molar-refractivity contribution in [2.75, 3.05) is 66.6 Å². The van der Waals surface area contributed by atoms with Gasteiger partial charge in [0.25, 0.3) is 0 Å². The average Bonchev–Trinajstić information content (AvgIpc) is 2.95. The van der Waals surface area contributed by atoms with E-state index >= 15 is 0 Å². The molecular weight excluding hydrogens is 545 g/mol. The van der Waals surface area contributed by atoms with Crippen LogP contribution in [-0.2, 0) is 37.6 Å². The zero-order chi connectivity index (χ0) is 27.3. The number of carbonyl (C=O) groups excluding carboxylic acids is 2. The molecule has 0 fully saturated rings. The molecule has 0 N–H and O–H groups in total. The van der Waals surface area contributed by atoms with Crippen LogP contribution >= 0.6 is 7.51 Å². The van der Waals surface area contributed by atoms with Gasteiger partial charge in [0.1, 0.15) is 13.2 Å². The number of benzene rings is 2. The second kappa shape index (κ2) is 24.7. The maximum Gasteiger partial charge on any atom is 0.330 e. The highest BCUT2D eigenvalue weighted by Gasteiger charge is 2.13. The molecule has 0 saturated heterocycles. The molecule has 0 aromatic heterocycles. The Labute approximate surface area is 246 Å². The molecule has 0 aliphatic rings. The van der Waals surface area contributed by atoms with Gasteiger partial charge in [-0.25, -0.2) is 9.59 Å². The number of carbonyl (C=O) groups is 2. The van der Waals surface area contributed by atoms with Gasteiger partial charge < -0.3 is 28.0 Å². The van der Waals surface area contributed by atoms with Gasteiger partial charge in [-0.3, -0.25) is 4.74 Å². The van der Waals surface area contributed by atoms with E-state index in [0.717, 1.165) is 11.1 Å². The van der Waals surface area contributed by atoms with Crippen molar-refractivity contribution in [2.24, 2.45) is 4.74 Å². The van der Waals surface area contributed by atoms with E-state index in [4.69, 9.17) is 28.0 Å². The van der Waals surface area contributed by atoms with Crippen LogP contribution in [0.3, 0.4) is 0 Å². The summed E-state index contributed by atoms with van der Waals surface area (Å²) in [4.78, 5) is 23.4. The van der Waals surface area contributed by atoms with Gasteiger partial charge in [0, 0.05) is 25.9 Å². The van der Waals surface area contributed by atoms with Crippen molar-refractivity contribution < 1.29 is 37.6 Å². The number of hydrogen-bond donors (Lipinski definition) is 0. The second-order valence-electron chi connectivity index (χ2n) is 7.72. The summed E-state index contributed by atoms with van der Waals surface area (Å²) in [5, 5.41) is 0. The lowest BCUT2D eigenvalue weighted by atomic mass is 10.2. The molecule has 0 saturated carbocycles. The van der Waals surface area contributed by atoms with E-state index in [1.807, 2.05) is 60.7 Å². The Morgan fingerprint density at radius 3 is 1.37 bits per heavy atom. The number of nitrogens with zero attached hydrogens (tertiary/aromatic N) is 1. The lowest BCUT2D eigenvalue weighted by Crippen LogP contribution is -2.13. The second-order valence-corrected chi connectivity index (χ2v) is 10.2. The van der Waals surface area contributed by atoms with E-state index in [1.54, 1.807) is 25.9 Å². The van der Waals surface area contributed by atoms with Crippen molar-refractivity contribution in [3.8, 4) is 0 Å². The molecule has 0 aliphatic heterocycles. The van der Waals surface area contributed by atoms with Gasteiger partial charge in [-0.2, -0.15) is 0 Å². The van der Waals surface area contributed by atoms with E-state index in [2.05, 4.69) is 4.74 Å². The smallest absolute Gasteiger partial charge is 0.330 e. The lowest BCUT2D eigenvalue weighted by molar-refractivity contribution is -0.140. The van der Waals surface area contributed by atoms with E-state index in [9.17, 15) is 9.59 Å². The van der Waals surface area contributed by atoms with E-state index in [1.165, 1.54) is 12.2 Å². The molecule has 0 unspecified atom stereocenters. The molecule has 0 amide bonds. The first kappa shape index (κ1) is 40.1. The van der Waals surface area contributed by atoms with Crippen LogP contribution in [0.4, 0.5) is 0 Å². The molecular formula is C31H48NO8P. The summed E-state index contributed by atoms with van der Waals surface area (Å²) in [6.45, 7) is 3.81. The van der Waals surface area contributed by atoms with Crippen LogP contribution in [0, 0.1) is 0 Å². The van der Waals surface area contributed by atoms with Crippen LogP contribution in [0.25, 0.3) is 12.2 Å². The Kier molecular flexibility index (Phi) is 24.1. The van der Waals surface area contributed by atoms with Gasteiger partial charge >= 0.3 is 11.9 Å². The third-order valence-electron chi connectivity index (χ3n) is 4.85. The fourth-order valence-corrected chi connectivity index (χ4v) is 3.98. The summed E-state index contributed by atoms with van der Waals surface area (Å²) in [6.07, 6.45) is 6.16. The topological polar surface area (TPSA) is 102 Å². The summed E-state index contributed by atoms with van der Waals surface area (Å²) in [5.74, 6) is -0.851. The number of hydrogen-bond acceptors (Lipinski definition) is 9. The maximum atomic E-state index is 11.7. The molecule has 0 heterocycles. The minimum Gasteiger partial charge on any atom is -0.460 e. The third-order valence-corrected chi connectivity index (χ3v) is 6.90. The first-order valence-electron chi connectivity index (χ1n) is 12.2. The summed E-state index contributed by atoms with van der Waals surface area (Å²) in [7, 11) is -0.754. The Balaban J connectivity index is 0. The Morgan fingerprint density at radius 2 is 1.00 bits per heavy atom. The fraction of sp³-hybridized carbons (Fsp3) is 0.419. The monoisotopic (exact) mass is 593 g/mol. The molecule has 0 bridgehead atoms. The summed E-state index contributed by atoms with van der Waals surface area (Å²) in [6, 6.07) is 19.0. The van der Waals surface area contributed by atoms with Crippen LogP contribution < -0.4 is 0 Å². The summed E-state index contributed by atoms with van der Waals surface area (Å²) < 4.78 is 36.8. The highest BCUT2D eigenvalue weighted by atomic mass is 31.2. The van der Waals surface area contributed by atoms with Gasteiger partial charge in [0.15, 0.2) is 0 Å². The number of rotatable bonds is 18. The van der Waals surface area contributed by atoms with E-state index < -0.39 is 19.4 Å². The van der Waals surface area contributed by atoms with Gasteiger partial charge in [-0.15, -0.1) is 0 Å². The molecule has 0 radical (unpaired) electrons. The van der Waals surface area contributed by atoms with Crippen LogP contribution in [-0.4, -0.2) is 78.5 Å². The minimum atomic E-state index is -2.39. The van der Waals surface area contributed by atoms with Crippen molar-refractivity contribution in [3.05, 3.63) is 83.9 Å². The molecule has 2 rings (SSSR count). The fourth-order valence-electron chi connectivity index (χ4n) is 2.84. The quantitative estimate of drug-likeness (QED) is 0.0808. The normalized spacial score (nSPS) is 10.8. The van der Waals surface area contributed by atoms with Gasteiger partial charge in [-0.05, 0) is 23.3 Å². The molecule has 2 aromatic carbocycles. The van der Waals surface area contributed by atoms with Crippen LogP contribution in [0.1, 0.15) is 33.4 Å². The van der Waals surface area contributed by atoms with Crippen molar-refractivity contribution >= 4 is 31.6 Å². The molecule has 0 atom stereocenters. The predicted molar refractivity (Wildman–Crippen MR) is 168 cm³/mol. The third kappa shape index (κ3) is 19.6. The van der Waals surface area contributed by atoms with Crippen molar-refractivity contribution in [3.63, 3.8) is 0 Å². The summed E-state index contributed by atoms with van der Waals surface area (Å²) >= 11 is 0. The van der Waals surface area contributed by atoms with E-state index in [-0.39, 0.29) is 61.9 Å². The molecule has 9 nitrogen and oxygen atoms in total. The minimum absolute atomic E-state index is 0. The molecule has 0 aliphatic carbocycles.